The molecule has 24 heavy (non-hydrogen) atoms. The molecule has 1 heterocycles. The summed E-state index contributed by atoms with van der Waals surface area (Å²) in [5.41, 5.74) is 7.25. The maximum atomic E-state index is 12.4. The highest BCUT2D eigenvalue weighted by molar-refractivity contribution is 5.75. The Labute approximate surface area is 141 Å². The fraction of sp³-hybridized carbons (Fsp3) is 0.333. The summed E-state index contributed by atoms with van der Waals surface area (Å²) in [6.45, 7) is 3.48. The zero-order valence-corrected chi connectivity index (χ0v) is 13.8. The van der Waals surface area contributed by atoms with Crippen molar-refractivity contribution in [3.05, 3.63) is 64.1 Å². The zero-order valence-electron chi connectivity index (χ0n) is 13.8. The number of nitrogens with zero attached hydrogens (tertiary/aromatic N) is 1. The summed E-state index contributed by atoms with van der Waals surface area (Å²) < 4.78 is 7.15. The van der Waals surface area contributed by atoms with Gasteiger partial charge in [-0.3, -0.25) is 9.59 Å². The van der Waals surface area contributed by atoms with E-state index in [0.29, 0.717) is 26.2 Å². The average Bonchev–Trinajstić information content (AvgIpc) is 2.59. The number of carbonyl (C=O) groups is 1. The maximum absolute atomic E-state index is 12.4. The van der Waals surface area contributed by atoms with E-state index in [-0.39, 0.29) is 23.6 Å². The van der Waals surface area contributed by atoms with Crippen LogP contribution in [0.2, 0.25) is 0 Å². The Bertz CT molecular complexity index is 740. The van der Waals surface area contributed by atoms with Gasteiger partial charge in [0.1, 0.15) is 6.61 Å². The number of nitrogens with one attached hydrogen (secondary N) is 1. The van der Waals surface area contributed by atoms with E-state index >= 15 is 0 Å². The summed E-state index contributed by atoms with van der Waals surface area (Å²) in [4.78, 5) is 24.0. The molecule has 0 aliphatic rings. The Morgan fingerprint density at radius 3 is 2.79 bits per heavy atom. The quantitative estimate of drug-likeness (QED) is 0.762. The van der Waals surface area contributed by atoms with E-state index in [0.717, 1.165) is 11.1 Å². The minimum absolute atomic E-state index is 0.126. The average molecular weight is 329 g/mol. The molecule has 0 aliphatic heterocycles. The van der Waals surface area contributed by atoms with Gasteiger partial charge >= 0.3 is 0 Å². The van der Waals surface area contributed by atoms with Gasteiger partial charge in [-0.15, -0.1) is 0 Å². The van der Waals surface area contributed by atoms with Crippen LogP contribution in [0.4, 0.5) is 0 Å². The second kappa shape index (κ2) is 8.88. The van der Waals surface area contributed by atoms with E-state index in [2.05, 4.69) is 5.32 Å². The first kappa shape index (κ1) is 17.7. The third-order valence-corrected chi connectivity index (χ3v) is 3.68. The van der Waals surface area contributed by atoms with Crippen LogP contribution in [0.3, 0.4) is 0 Å². The van der Waals surface area contributed by atoms with Crippen LogP contribution < -0.4 is 21.3 Å². The van der Waals surface area contributed by atoms with Crippen molar-refractivity contribution in [1.82, 2.24) is 9.88 Å². The van der Waals surface area contributed by atoms with Gasteiger partial charge in [0.15, 0.2) is 5.75 Å². The Morgan fingerprint density at radius 2 is 2.04 bits per heavy atom. The minimum atomic E-state index is -0.238. The Kier molecular flexibility index (Phi) is 6.57. The summed E-state index contributed by atoms with van der Waals surface area (Å²) in [6, 6.07) is 11.3. The lowest BCUT2D eigenvalue weighted by atomic mass is 10.1. The van der Waals surface area contributed by atoms with Gasteiger partial charge in [0.05, 0.1) is 0 Å². The van der Waals surface area contributed by atoms with Crippen LogP contribution in [0.15, 0.2) is 47.4 Å². The summed E-state index contributed by atoms with van der Waals surface area (Å²) in [5.74, 6) is 0.154. The molecule has 0 unspecified atom stereocenters. The molecule has 0 saturated carbocycles. The van der Waals surface area contributed by atoms with E-state index < -0.39 is 0 Å². The van der Waals surface area contributed by atoms with Crippen LogP contribution in [0.25, 0.3) is 0 Å². The van der Waals surface area contributed by atoms with Crippen molar-refractivity contribution in [1.29, 1.82) is 0 Å². The fourth-order valence-electron chi connectivity index (χ4n) is 2.25. The lowest BCUT2D eigenvalue weighted by Crippen LogP contribution is -2.31. The molecule has 0 saturated heterocycles. The van der Waals surface area contributed by atoms with Crippen molar-refractivity contribution in [3.63, 3.8) is 0 Å². The van der Waals surface area contributed by atoms with Crippen LogP contribution in [0, 0.1) is 6.92 Å². The van der Waals surface area contributed by atoms with Crippen LogP contribution in [-0.4, -0.2) is 23.6 Å². The van der Waals surface area contributed by atoms with E-state index in [1.807, 2.05) is 31.2 Å². The molecule has 0 fully saturated rings. The van der Waals surface area contributed by atoms with Crippen LogP contribution in [0.5, 0.6) is 5.75 Å². The van der Waals surface area contributed by atoms with Crippen LogP contribution in [0.1, 0.15) is 17.5 Å². The number of benzene rings is 1. The molecule has 0 bridgehead atoms. The number of rotatable bonds is 8. The summed E-state index contributed by atoms with van der Waals surface area (Å²) >= 11 is 0. The molecule has 0 aliphatic carbocycles. The summed E-state index contributed by atoms with van der Waals surface area (Å²) in [6.07, 6.45) is 1.88. The van der Waals surface area contributed by atoms with E-state index in [1.54, 1.807) is 18.3 Å². The molecule has 1 aromatic carbocycles. The number of aromatic nitrogens is 1. The van der Waals surface area contributed by atoms with Crippen molar-refractivity contribution in [2.75, 3.05) is 13.1 Å². The van der Waals surface area contributed by atoms with Crippen molar-refractivity contribution >= 4 is 5.91 Å². The molecule has 1 aromatic heterocycles. The molecule has 128 valence electrons. The highest BCUT2D eigenvalue weighted by atomic mass is 16.5. The van der Waals surface area contributed by atoms with Gasteiger partial charge in [-0.2, -0.15) is 0 Å². The second-order valence-corrected chi connectivity index (χ2v) is 5.47. The number of carbonyl (C=O) groups excluding carboxylic acids is 1. The Balaban J connectivity index is 1.99. The van der Waals surface area contributed by atoms with Gasteiger partial charge in [-0.1, -0.05) is 24.3 Å². The van der Waals surface area contributed by atoms with Crippen molar-refractivity contribution in [2.24, 2.45) is 5.73 Å². The zero-order chi connectivity index (χ0) is 17.4. The fourth-order valence-corrected chi connectivity index (χ4v) is 2.25. The third-order valence-electron chi connectivity index (χ3n) is 3.68. The molecular formula is C18H23N3O3. The highest BCUT2D eigenvalue weighted by Gasteiger charge is 2.07. The maximum Gasteiger partial charge on any atom is 0.292 e. The van der Waals surface area contributed by atoms with Gasteiger partial charge in [0.2, 0.25) is 5.91 Å². The number of amides is 1. The number of nitrogens with two attached hydrogens (primary N) is 1. The standard InChI is InChI=1S/C18H23N3O3/c1-14-5-2-3-6-15(14)13-24-16-7-4-11-21(18(16)23)12-8-17(22)20-10-9-19/h2-7,11H,8-10,12-13,19H2,1H3,(H,20,22). The first-order chi connectivity index (χ1) is 11.6. The molecule has 0 radical (unpaired) electrons. The molecule has 6 nitrogen and oxygen atoms in total. The number of hydrogen-bond acceptors (Lipinski definition) is 4. The highest BCUT2D eigenvalue weighted by Crippen LogP contribution is 2.11. The largest absolute Gasteiger partial charge is 0.483 e. The number of aryl methyl sites for hydroxylation is 2. The first-order valence-corrected chi connectivity index (χ1v) is 7.95. The lowest BCUT2D eigenvalue weighted by molar-refractivity contribution is -0.121. The molecule has 1 amide bonds. The Hall–Kier alpha value is -2.60. The van der Waals surface area contributed by atoms with E-state index in [4.69, 9.17) is 10.5 Å². The van der Waals surface area contributed by atoms with Crippen LogP contribution >= 0.6 is 0 Å². The topological polar surface area (TPSA) is 86.3 Å². The number of pyridine rings is 1. The molecule has 0 spiro atoms. The van der Waals surface area contributed by atoms with Crippen molar-refractivity contribution in [2.45, 2.75) is 26.5 Å². The predicted octanol–water partition coefficient (Wildman–Crippen LogP) is 1.20. The summed E-state index contributed by atoms with van der Waals surface area (Å²) in [5, 5.41) is 2.68. The third kappa shape index (κ3) is 4.96. The molecule has 6 heteroatoms. The molecule has 0 atom stereocenters. The van der Waals surface area contributed by atoms with Crippen molar-refractivity contribution in [3.8, 4) is 5.75 Å². The molecule has 3 N–H and O–H groups in total. The number of ether oxygens (including phenoxy) is 1. The van der Waals surface area contributed by atoms with Gasteiger partial charge in [0, 0.05) is 32.3 Å². The van der Waals surface area contributed by atoms with Gasteiger partial charge in [-0.05, 0) is 30.2 Å². The molecule has 2 rings (SSSR count). The van der Waals surface area contributed by atoms with E-state index in [9.17, 15) is 9.59 Å². The SMILES string of the molecule is Cc1ccccc1COc1cccn(CCC(=O)NCCN)c1=O. The van der Waals surface area contributed by atoms with Crippen LogP contribution in [-0.2, 0) is 17.9 Å². The smallest absolute Gasteiger partial charge is 0.292 e. The minimum Gasteiger partial charge on any atom is -0.483 e. The van der Waals surface area contributed by atoms with E-state index in [1.165, 1.54) is 4.57 Å². The van der Waals surface area contributed by atoms with Gasteiger partial charge in [-0.25, -0.2) is 0 Å². The summed E-state index contributed by atoms with van der Waals surface area (Å²) in [7, 11) is 0. The lowest BCUT2D eigenvalue weighted by Gasteiger charge is -2.11. The second-order valence-electron chi connectivity index (χ2n) is 5.47. The van der Waals surface area contributed by atoms with Crippen molar-refractivity contribution < 1.29 is 9.53 Å². The monoisotopic (exact) mass is 329 g/mol. The molecule has 2 aromatic rings. The first-order valence-electron chi connectivity index (χ1n) is 7.95. The Morgan fingerprint density at radius 1 is 1.25 bits per heavy atom. The van der Waals surface area contributed by atoms with Gasteiger partial charge < -0.3 is 20.4 Å². The number of hydrogen-bond donors (Lipinski definition) is 2. The predicted molar refractivity (Wildman–Crippen MR) is 92.9 cm³/mol. The van der Waals surface area contributed by atoms with Gasteiger partial charge in [0.25, 0.3) is 5.56 Å². The normalized spacial score (nSPS) is 10.4. The molecular weight excluding hydrogens is 306 g/mol.